The lowest BCUT2D eigenvalue weighted by Gasteiger charge is -2.22. The molecule has 0 amide bonds. The zero-order valence-electron chi connectivity index (χ0n) is 7.55. The van der Waals surface area contributed by atoms with E-state index in [1.165, 1.54) is 12.1 Å². The van der Waals surface area contributed by atoms with Crippen molar-refractivity contribution in [2.75, 3.05) is 6.61 Å². The molecule has 1 aromatic carbocycles. The van der Waals surface area contributed by atoms with Gasteiger partial charge >= 0.3 is 0 Å². The molecule has 0 saturated heterocycles. The van der Waals surface area contributed by atoms with Gasteiger partial charge in [0.05, 0.1) is 6.04 Å². The fraction of sp³-hybridized carbons (Fsp3) is 0.333. The maximum atomic E-state index is 13.2. The van der Waals surface area contributed by atoms with E-state index in [-0.39, 0.29) is 5.56 Å². The van der Waals surface area contributed by atoms with Crippen molar-refractivity contribution in [3.8, 4) is 0 Å². The second-order valence-electron chi connectivity index (χ2n) is 3.06. The molecule has 0 heterocycles. The van der Waals surface area contributed by atoms with E-state index in [1.807, 2.05) is 0 Å². The first-order valence-corrected chi connectivity index (χ1v) is 4.87. The first-order valence-electron chi connectivity index (χ1n) is 4.07. The number of aliphatic hydroxyl groups excluding tert-OH is 1. The molecular weight excluding hydrogens is 275 g/mol. The summed E-state index contributed by atoms with van der Waals surface area (Å²) in [7, 11) is 0. The molecule has 0 aliphatic rings. The number of halogens is 4. The number of hydrogen-bond donors (Lipinski definition) is 2. The minimum atomic E-state index is -3.54. The molecule has 0 unspecified atom stereocenters. The van der Waals surface area contributed by atoms with E-state index in [0.29, 0.717) is 4.47 Å². The summed E-state index contributed by atoms with van der Waals surface area (Å²) in [4.78, 5) is 0. The van der Waals surface area contributed by atoms with Gasteiger partial charge in [-0.15, -0.1) is 0 Å². The average Bonchev–Trinajstić information content (AvgIpc) is 2.20. The van der Waals surface area contributed by atoms with Crippen LogP contribution in [-0.2, 0) is 0 Å². The van der Waals surface area contributed by atoms with E-state index in [1.54, 1.807) is 0 Å². The highest BCUT2D eigenvalue weighted by Crippen LogP contribution is 2.31. The molecule has 0 aromatic heterocycles. The van der Waals surface area contributed by atoms with E-state index in [2.05, 4.69) is 15.9 Å². The molecule has 0 radical (unpaired) electrons. The van der Waals surface area contributed by atoms with Gasteiger partial charge in [-0.1, -0.05) is 15.9 Å². The normalized spacial score (nSPS) is 14.0. The lowest BCUT2D eigenvalue weighted by molar-refractivity contribution is -0.0718. The lowest BCUT2D eigenvalue weighted by Crippen LogP contribution is -2.36. The van der Waals surface area contributed by atoms with Gasteiger partial charge in [-0.05, 0) is 18.2 Å². The summed E-state index contributed by atoms with van der Waals surface area (Å²) in [5.74, 6) is -4.36. The molecule has 1 atom stereocenters. The molecule has 0 saturated carbocycles. The largest absolute Gasteiger partial charge is 0.390 e. The quantitative estimate of drug-likeness (QED) is 0.894. The van der Waals surface area contributed by atoms with Crippen molar-refractivity contribution in [3.05, 3.63) is 34.1 Å². The summed E-state index contributed by atoms with van der Waals surface area (Å²) in [5.41, 5.74) is 4.85. The maximum absolute atomic E-state index is 13.2. The Morgan fingerprint density at radius 3 is 2.60 bits per heavy atom. The Balaban J connectivity index is 3.10. The molecule has 6 heteroatoms. The van der Waals surface area contributed by atoms with Crippen LogP contribution in [0.2, 0.25) is 0 Å². The van der Waals surface area contributed by atoms with E-state index in [9.17, 15) is 13.2 Å². The van der Waals surface area contributed by atoms with Crippen LogP contribution in [0.5, 0.6) is 0 Å². The molecule has 1 rings (SSSR count). The molecule has 15 heavy (non-hydrogen) atoms. The fourth-order valence-electron chi connectivity index (χ4n) is 1.08. The highest BCUT2D eigenvalue weighted by molar-refractivity contribution is 9.10. The highest BCUT2D eigenvalue weighted by atomic mass is 79.9. The summed E-state index contributed by atoms with van der Waals surface area (Å²) in [5, 5.41) is 8.42. The van der Waals surface area contributed by atoms with Crippen molar-refractivity contribution in [2.45, 2.75) is 12.0 Å². The first kappa shape index (κ1) is 12.5. The number of alkyl halides is 2. The van der Waals surface area contributed by atoms with Gasteiger partial charge in [0.2, 0.25) is 0 Å². The summed E-state index contributed by atoms with van der Waals surface area (Å²) in [6.45, 7) is -1.42. The topological polar surface area (TPSA) is 46.2 Å². The number of nitrogens with two attached hydrogens (primary N) is 1. The van der Waals surface area contributed by atoms with Gasteiger partial charge in [-0.3, -0.25) is 0 Å². The molecule has 3 N–H and O–H groups in total. The fourth-order valence-corrected chi connectivity index (χ4v) is 1.46. The van der Waals surface area contributed by atoms with Gasteiger partial charge < -0.3 is 10.8 Å². The zero-order chi connectivity index (χ0) is 11.6. The Morgan fingerprint density at radius 2 is 2.07 bits per heavy atom. The minimum Gasteiger partial charge on any atom is -0.390 e. The van der Waals surface area contributed by atoms with Crippen molar-refractivity contribution in [1.82, 2.24) is 0 Å². The van der Waals surface area contributed by atoms with Crippen LogP contribution in [0.4, 0.5) is 13.2 Å². The molecule has 0 aliphatic heterocycles. The van der Waals surface area contributed by atoms with Gasteiger partial charge in [0, 0.05) is 10.0 Å². The standard InChI is InChI=1S/C9H9BrF3NO/c10-5-1-2-7(11)6(3-5)8(14)9(12,13)4-15/h1-3,8,15H,4,14H2/t8-/m1/s1. The molecular formula is C9H9BrF3NO. The second kappa shape index (κ2) is 4.51. The van der Waals surface area contributed by atoms with Crippen LogP contribution in [0.1, 0.15) is 11.6 Å². The van der Waals surface area contributed by atoms with Gasteiger partial charge in [0.25, 0.3) is 5.92 Å². The number of aliphatic hydroxyl groups is 1. The predicted molar refractivity (Wildman–Crippen MR) is 53.1 cm³/mol. The van der Waals surface area contributed by atoms with Crippen molar-refractivity contribution < 1.29 is 18.3 Å². The predicted octanol–water partition coefficient (Wildman–Crippen LogP) is 2.22. The Kier molecular flexibility index (Phi) is 3.75. The first-order chi connectivity index (χ1) is 6.88. The van der Waals surface area contributed by atoms with Crippen LogP contribution >= 0.6 is 15.9 Å². The SMILES string of the molecule is N[C@H](c1cc(Br)ccc1F)C(F)(F)CO. The molecule has 0 bridgehead atoms. The summed E-state index contributed by atoms with van der Waals surface area (Å²) in [6.07, 6.45) is 0. The van der Waals surface area contributed by atoms with Gasteiger partial charge in [-0.2, -0.15) is 0 Å². The average molecular weight is 284 g/mol. The Morgan fingerprint density at radius 1 is 1.47 bits per heavy atom. The van der Waals surface area contributed by atoms with Crippen molar-refractivity contribution >= 4 is 15.9 Å². The minimum absolute atomic E-state index is 0.330. The molecule has 2 nitrogen and oxygen atoms in total. The second-order valence-corrected chi connectivity index (χ2v) is 3.98. The van der Waals surface area contributed by atoms with Crippen LogP contribution in [-0.4, -0.2) is 17.6 Å². The van der Waals surface area contributed by atoms with Crippen molar-refractivity contribution in [3.63, 3.8) is 0 Å². The third-order valence-corrected chi connectivity index (χ3v) is 2.45. The van der Waals surface area contributed by atoms with Crippen LogP contribution in [0, 0.1) is 5.82 Å². The van der Waals surface area contributed by atoms with E-state index >= 15 is 0 Å². The third kappa shape index (κ3) is 2.70. The van der Waals surface area contributed by atoms with E-state index in [0.717, 1.165) is 6.07 Å². The van der Waals surface area contributed by atoms with Crippen molar-refractivity contribution in [2.24, 2.45) is 5.73 Å². The molecule has 0 aliphatic carbocycles. The molecule has 1 aromatic rings. The van der Waals surface area contributed by atoms with Crippen LogP contribution < -0.4 is 5.73 Å². The van der Waals surface area contributed by atoms with Gasteiger partial charge in [-0.25, -0.2) is 13.2 Å². The van der Waals surface area contributed by atoms with Crippen LogP contribution in [0.3, 0.4) is 0 Å². The number of rotatable bonds is 3. The van der Waals surface area contributed by atoms with Crippen LogP contribution in [0.15, 0.2) is 22.7 Å². The number of benzene rings is 1. The molecule has 84 valence electrons. The van der Waals surface area contributed by atoms with Crippen molar-refractivity contribution in [1.29, 1.82) is 0 Å². The zero-order valence-corrected chi connectivity index (χ0v) is 9.14. The van der Waals surface area contributed by atoms with Gasteiger partial charge in [0.1, 0.15) is 12.4 Å². The number of hydrogen-bond acceptors (Lipinski definition) is 2. The van der Waals surface area contributed by atoms with E-state index in [4.69, 9.17) is 10.8 Å². The Hall–Kier alpha value is -0.590. The third-order valence-electron chi connectivity index (χ3n) is 1.96. The molecule has 0 spiro atoms. The highest BCUT2D eigenvalue weighted by Gasteiger charge is 2.38. The summed E-state index contributed by atoms with van der Waals surface area (Å²) in [6, 6.07) is 1.72. The Labute approximate surface area is 93.0 Å². The summed E-state index contributed by atoms with van der Waals surface area (Å²) >= 11 is 3.02. The monoisotopic (exact) mass is 283 g/mol. The Bertz CT molecular complexity index is 359. The molecule has 0 fully saturated rings. The smallest absolute Gasteiger partial charge is 0.289 e. The van der Waals surface area contributed by atoms with E-state index < -0.39 is 24.4 Å². The lowest BCUT2D eigenvalue weighted by atomic mass is 10.0. The maximum Gasteiger partial charge on any atom is 0.289 e. The van der Waals surface area contributed by atoms with Crippen LogP contribution in [0.25, 0.3) is 0 Å². The summed E-state index contributed by atoms with van der Waals surface area (Å²) < 4.78 is 39.6. The van der Waals surface area contributed by atoms with Gasteiger partial charge in [0.15, 0.2) is 0 Å².